The van der Waals surface area contributed by atoms with Gasteiger partial charge in [0.2, 0.25) is 5.43 Å². The van der Waals surface area contributed by atoms with Gasteiger partial charge in [0, 0.05) is 19.3 Å². The van der Waals surface area contributed by atoms with Gasteiger partial charge in [0.15, 0.2) is 11.4 Å². The molecule has 200 valence electrons. The molecule has 0 N–H and O–H groups in total. The van der Waals surface area contributed by atoms with Gasteiger partial charge < -0.3 is 28.4 Å². The lowest BCUT2D eigenvalue weighted by Crippen LogP contribution is -2.53. The zero-order valence-electron chi connectivity index (χ0n) is 22.2. The SMILES string of the molecule is CCCCOc1c(C(=O)OCC)n(CC23CC(CN2C(=O)OC(C)(C)C)C3)cc(C(=O)OCC)c1=O. The van der Waals surface area contributed by atoms with Gasteiger partial charge in [0.25, 0.3) is 0 Å². The third-order valence-corrected chi connectivity index (χ3v) is 6.38. The first-order chi connectivity index (χ1) is 17.0. The summed E-state index contributed by atoms with van der Waals surface area (Å²) in [6.45, 7) is 11.8. The molecule has 1 aliphatic carbocycles. The lowest BCUT2D eigenvalue weighted by atomic mass is 9.73. The maximum Gasteiger partial charge on any atom is 0.410 e. The van der Waals surface area contributed by atoms with Crippen LogP contribution in [0.3, 0.4) is 0 Å². The normalized spacial score (nSPS) is 20.5. The summed E-state index contributed by atoms with van der Waals surface area (Å²) in [6.07, 6.45) is 3.82. The third-order valence-electron chi connectivity index (χ3n) is 6.38. The minimum absolute atomic E-state index is 0.0696. The predicted molar refractivity (Wildman–Crippen MR) is 131 cm³/mol. The molecule has 0 spiro atoms. The zero-order valence-corrected chi connectivity index (χ0v) is 22.2. The Labute approximate surface area is 211 Å². The van der Waals surface area contributed by atoms with Crippen molar-refractivity contribution in [1.82, 2.24) is 9.47 Å². The number of pyridine rings is 1. The number of nitrogens with zero attached hydrogens (tertiary/aromatic N) is 2. The molecule has 1 aromatic rings. The summed E-state index contributed by atoms with van der Waals surface area (Å²) in [6, 6.07) is 0. The second-order valence-corrected chi connectivity index (χ2v) is 10.4. The van der Waals surface area contributed by atoms with Crippen LogP contribution in [-0.2, 0) is 20.8 Å². The highest BCUT2D eigenvalue weighted by molar-refractivity contribution is 5.94. The molecule has 2 aliphatic heterocycles. The molecule has 36 heavy (non-hydrogen) atoms. The molecule has 10 nitrogen and oxygen atoms in total. The van der Waals surface area contributed by atoms with Crippen molar-refractivity contribution in [3.63, 3.8) is 0 Å². The van der Waals surface area contributed by atoms with Crippen LogP contribution >= 0.6 is 0 Å². The number of carbonyl (C=O) groups excluding carboxylic acids is 3. The van der Waals surface area contributed by atoms with E-state index in [1.807, 2.05) is 27.7 Å². The highest BCUT2D eigenvalue weighted by atomic mass is 16.6. The minimum Gasteiger partial charge on any atom is -0.487 e. The summed E-state index contributed by atoms with van der Waals surface area (Å²) in [5, 5.41) is 0. The van der Waals surface area contributed by atoms with Crippen molar-refractivity contribution >= 4 is 18.0 Å². The standard InChI is InChI=1S/C26H38N2O8/c1-7-10-11-35-21-19(23(31)34-9-3)27(15-18(20(21)29)22(30)33-8-2)16-26-12-17(13-26)14-28(26)24(32)36-25(4,5)6/h15,17H,7-14,16H2,1-6H3. The molecular weight excluding hydrogens is 468 g/mol. The van der Waals surface area contributed by atoms with Crippen molar-refractivity contribution in [2.75, 3.05) is 26.4 Å². The number of esters is 2. The molecule has 1 aromatic heterocycles. The third kappa shape index (κ3) is 5.68. The van der Waals surface area contributed by atoms with Gasteiger partial charge in [-0.25, -0.2) is 14.4 Å². The molecule has 3 fully saturated rings. The van der Waals surface area contributed by atoms with Crippen molar-refractivity contribution in [1.29, 1.82) is 0 Å². The van der Waals surface area contributed by atoms with Crippen LogP contribution in [0.1, 0.15) is 88.1 Å². The van der Waals surface area contributed by atoms with Gasteiger partial charge in [-0.15, -0.1) is 0 Å². The van der Waals surface area contributed by atoms with Gasteiger partial charge in [-0.2, -0.15) is 0 Å². The monoisotopic (exact) mass is 506 g/mol. The second kappa shape index (κ2) is 10.9. The summed E-state index contributed by atoms with van der Waals surface area (Å²) in [4.78, 5) is 53.8. The van der Waals surface area contributed by atoms with E-state index < -0.39 is 34.6 Å². The first kappa shape index (κ1) is 27.5. The van der Waals surface area contributed by atoms with Crippen molar-refractivity contribution < 1.29 is 33.3 Å². The van der Waals surface area contributed by atoms with E-state index in [9.17, 15) is 19.2 Å². The van der Waals surface area contributed by atoms with Crippen LogP contribution in [0.15, 0.2) is 11.0 Å². The van der Waals surface area contributed by atoms with Crippen LogP contribution in [0.4, 0.5) is 4.79 Å². The zero-order chi connectivity index (χ0) is 26.7. The van der Waals surface area contributed by atoms with Gasteiger partial charge in [-0.1, -0.05) is 13.3 Å². The van der Waals surface area contributed by atoms with Crippen LogP contribution in [0.5, 0.6) is 5.75 Å². The number of carbonyl (C=O) groups is 3. The smallest absolute Gasteiger partial charge is 0.410 e. The molecule has 10 heteroatoms. The van der Waals surface area contributed by atoms with E-state index >= 15 is 0 Å². The van der Waals surface area contributed by atoms with Gasteiger partial charge in [0.1, 0.15) is 11.2 Å². The van der Waals surface area contributed by atoms with E-state index in [0.717, 1.165) is 19.3 Å². The summed E-state index contributed by atoms with van der Waals surface area (Å²) in [7, 11) is 0. The Kier molecular flexibility index (Phi) is 8.36. The average molecular weight is 507 g/mol. The molecule has 2 saturated heterocycles. The molecule has 3 heterocycles. The topological polar surface area (TPSA) is 113 Å². The van der Waals surface area contributed by atoms with E-state index in [1.54, 1.807) is 18.7 Å². The maximum atomic E-state index is 13.3. The van der Waals surface area contributed by atoms with E-state index in [0.29, 0.717) is 18.9 Å². The Morgan fingerprint density at radius 3 is 2.28 bits per heavy atom. The van der Waals surface area contributed by atoms with E-state index in [-0.39, 0.29) is 43.4 Å². The lowest BCUT2D eigenvalue weighted by molar-refractivity contribution is 0.00246. The summed E-state index contributed by atoms with van der Waals surface area (Å²) in [5.74, 6) is -1.44. The van der Waals surface area contributed by atoms with Crippen LogP contribution in [-0.4, -0.2) is 65.0 Å². The van der Waals surface area contributed by atoms with Gasteiger partial charge in [-0.3, -0.25) is 4.79 Å². The minimum atomic E-state index is -0.800. The fourth-order valence-electron chi connectivity index (χ4n) is 4.91. The fourth-order valence-corrected chi connectivity index (χ4v) is 4.91. The number of rotatable bonds is 10. The van der Waals surface area contributed by atoms with E-state index in [1.165, 1.54) is 10.8 Å². The Morgan fingerprint density at radius 1 is 1.06 bits per heavy atom. The Bertz CT molecular complexity index is 1050. The predicted octanol–water partition coefficient (Wildman–Crippen LogP) is 3.78. The van der Waals surface area contributed by atoms with Crippen LogP contribution in [0.25, 0.3) is 0 Å². The molecule has 0 unspecified atom stereocenters. The number of ether oxygens (including phenoxy) is 4. The van der Waals surface area contributed by atoms with Crippen LogP contribution in [0, 0.1) is 5.92 Å². The first-order valence-corrected chi connectivity index (χ1v) is 12.7. The van der Waals surface area contributed by atoms with Crippen LogP contribution in [0.2, 0.25) is 0 Å². The molecule has 3 aliphatic rings. The van der Waals surface area contributed by atoms with Crippen LogP contribution < -0.4 is 10.2 Å². The molecule has 0 radical (unpaired) electrons. The fraction of sp³-hybridized carbons (Fsp3) is 0.692. The first-order valence-electron chi connectivity index (χ1n) is 12.7. The average Bonchev–Trinajstić information content (AvgIpc) is 3.30. The summed E-state index contributed by atoms with van der Waals surface area (Å²) < 4.78 is 23.3. The van der Waals surface area contributed by atoms with E-state index in [4.69, 9.17) is 18.9 Å². The molecule has 2 bridgehead atoms. The summed E-state index contributed by atoms with van der Waals surface area (Å²) in [5.41, 5.74) is -2.29. The number of aromatic nitrogens is 1. The molecule has 1 amide bonds. The van der Waals surface area contributed by atoms with Gasteiger partial charge in [0.05, 0.1) is 25.4 Å². The van der Waals surface area contributed by atoms with Crippen molar-refractivity contribution in [3.8, 4) is 5.75 Å². The molecular formula is C26H38N2O8. The van der Waals surface area contributed by atoms with E-state index in [2.05, 4.69) is 0 Å². The summed E-state index contributed by atoms with van der Waals surface area (Å²) >= 11 is 0. The second-order valence-electron chi connectivity index (χ2n) is 10.4. The van der Waals surface area contributed by atoms with Crippen molar-refractivity contribution in [2.45, 2.75) is 84.9 Å². The number of fused-ring (bicyclic) bond motifs is 1. The van der Waals surface area contributed by atoms with Gasteiger partial charge in [-0.05, 0) is 59.8 Å². The van der Waals surface area contributed by atoms with Gasteiger partial charge >= 0.3 is 18.0 Å². The number of hydrogen-bond donors (Lipinski definition) is 0. The Hall–Kier alpha value is -3.04. The molecule has 1 saturated carbocycles. The lowest BCUT2D eigenvalue weighted by Gasteiger charge is -2.43. The highest BCUT2D eigenvalue weighted by Gasteiger charge is 2.59. The number of hydrogen-bond acceptors (Lipinski definition) is 8. The quantitative estimate of drug-likeness (QED) is 0.268. The van der Waals surface area contributed by atoms with Crippen molar-refractivity contribution in [2.24, 2.45) is 5.92 Å². The van der Waals surface area contributed by atoms with Crippen molar-refractivity contribution in [3.05, 3.63) is 27.7 Å². The molecule has 0 atom stereocenters. The largest absolute Gasteiger partial charge is 0.487 e. The Morgan fingerprint density at radius 2 is 1.69 bits per heavy atom. The maximum absolute atomic E-state index is 13.3. The highest BCUT2D eigenvalue weighted by Crippen LogP contribution is 2.52. The Balaban J connectivity index is 2.10. The number of unbranched alkanes of at least 4 members (excludes halogenated alkanes) is 1. The number of amides is 1. The molecule has 4 rings (SSSR count). The molecule has 0 aromatic carbocycles.